The molecule has 0 aliphatic carbocycles. The molecule has 0 saturated heterocycles. The summed E-state index contributed by atoms with van der Waals surface area (Å²) < 4.78 is 18.0. The van der Waals surface area contributed by atoms with Crippen molar-refractivity contribution < 1.29 is 18.7 Å². The van der Waals surface area contributed by atoms with Gasteiger partial charge in [-0.2, -0.15) is 0 Å². The minimum Gasteiger partial charge on any atom is -0.452 e. The molecule has 4 nitrogen and oxygen atoms in total. The average molecular weight is 363 g/mol. The minimum atomic E-state index is -0.583. The standard InChI is InChI=1S/C22H18FNO3/c1-15-6-8-16(9-7-15)19-4-2-3-5-20(19)22(26)27-14-21(25)24-18-12-10-17(23)11-13-18/h2-13H,14H2,1H3,(H,24,25). The van der Waals surface area contributed by atoms with Crippen LogP contribution >= 0.6 is 0 Å². The molecule has 0 atom stereocenters. The normalized spacial score (nSPS) is 10.3. The Balaban J connectivity index is 1.67. The van der Waals surface area contributed by atoms with Crippen molar-refractivity contribution in [3.63, 3.8) is 0 Å². The topological polar surface area (TPSA) is 55.4 Å². The highest BCUT2D eigenvalue weighted by Crippen LogP contribution is 2.24. The van der Waals surface area contributed by atoms with E-state index in [2.05, 4.69) is 5.32 Å². The minimum absolute atomic E-state index is 0.385. The SMILES string of the molecule is Cc1ccc(-c2ccccc2C(=O)OCC(=O)Nc2ccc(F)cc2)cc1. The van der Waals surface area contributed by atoms with Gasteiger partial charge in [-0.25, -0.2) is 9.18 Å². The van der Waals surface area contributed by atoms with Crippen molar-refractivity contribution in [1.82, 2.24) is 0 Å². The molecule has 0 aliphatic heterocycles. The van der Waals surface area contributed by atoms with Crippen LogP contribution in [-0.4, -0.2) is 18.5 Å². The van der Waals surface area contributed by atoms with Gasteiger partial charge in [0.05, 0.1) is 5.56 Å². The number of ether oxygens (including phenoxy) is 1. The largest absolute Gasteiger partial charge is 0.452 e. The summed E-state index contributed by atoms with van der Waals surface area (Å²) in [6.45, 7) is 1.56. The molecule has 0 aliphatic rings. The zero-order valence-corrected chi connectivity index (χ0v) is 14.7. The van der Waals surface area contributed by atoms with Gasteiger partial charge in [0.2, 0.25) is 0 Å². The van der Waals surface area contributed by atoms with E-state index in [0.29, 0.717) is 11.3 Å². The van der Waals surface area contributed by atoms with Crippen LogP contribution in [0.4, 0.5) is 10.1 Å². The molecule has 0 bridgehead atoms. The van der Waals surface area contributed by atoms with Crippen LogP contribution in [0.15, 0.2) is 72.8 Å². The number of carbonyl (C=O) groups is 2. The Hall–Kier alpha value is -3.47. The maximum absolute atomic E-state index is 12.9. The molecule has 1 amide bonds. The van der Waals surface area contributed by atoms with Crippen molar-refractivity contribution in [1.29, 1.82) is 0 Å². The fourth-order valence-corrected chi connectivity index (χ4v) is 2.59. The summed E-state index contributed by atoms with van der Waals surface area (Å²) in [6.07, 6.45) is 0. The monoisotopic (exact) mass is 363 g/mol. The van der Waals surface area contributed by atoms with Crippen molar-refractivity contribution >= 4 is 17.6 Å². The van der Waals surface area contributed by atoms with Gasteiger partial charge in [-0.15, -0.1) is 0 Å². The number of halogens is 1. The van der Waals surface area contributed by atoms with Crippen LogP contribution in [-0.2, 0) is 9.53 Å². The fourth-order valence-electron chi connectivity index (χ4n) is 2.59. The Kier molecular flexibility index (Phi) is 5.61. The zero-order chi connectivity index (χ0) is 19.2. The Morgan fingerprint density at radius 2 is 1.59 bits per heavy atom. The summed E-state index contributed by atoms with van der Waals surface area (Å²) in [7, 11) is 0. The lowest BCUT2D eigenvalue weighted by molar-refractivity contribution is -0.119. The van der Waals surface area contributed by atoms with Gasteiger partial charge < -0.3 is 10.1 Å². The van der Waals surface area contributed by atoms with E-state index in [1.165, 1.54) is 24.3 Å². The molecule has 1 N–H and O–H groups in total. The molecule has 3 rings (SSSR count). The number of esters is 1. The van der Waals surface area contributed by atoms with E-state index in [1.807, 2.05) is 43.3 Å². The molecule has 3 aromatic rings. The third kappa shape index (κ3) is 4.79. The fraction of sp³-hybridized carbons (Fsp3) is 0.0909. The Morgan fingerprint density at radius 1 is 0.926 bits per heavy atom. The number of hydrogen-bond acceptors (Lipinski definition) is 3. The molecule has 0 fully saturated rings. The van der Waals surface area contributed by atoms with Crippen LogP contribution in [0.3, 0.4) is 0 Å². The van der Waals surface area contributed by atoms with Gasteiger partial charge in [-0.3, -0.25) is 4.79 Å². The van der Waals surface area contributed by atoms with Crippen LogP contribution in [0.1, 0.15) is 15.9 Å². The molecule has 3 aromatic carbocycles. The lowest BCUT2D eigenvalue weighted by atomic mass is 9.99. The summed E-state index contributed by atoms with van der Waals surface area (Å²) in [4.78, 5) is 24.4. The van der Waals surface area contributed by atoms with Crippen molar-refractivity contribution in [2.45, 2.75) is 6.92 Å². The van der Waals surface area contributed by atoms with E-state index in [-0.39, 0.29) is 0 Å². The molecule has 5 heteroatoms. The first kappa shape index (κ1) is 18.3. The van der Waals surface area contributed by atoms with Crippen LogP contribution in [0.5, 0.6) is 0 Å². The van der Waals surface area contributed by atoms with Gasteiger partial charge in [0, 0.05) is 5.69 Å². The van der Waals surface area contributed by atoms with E-state index in [9.17, 15) is 14.0 Å². The second-order valence-corrected chi connectivity index (χ2v) is 6.04. The Morgan fingerprint density at radius 3 is 2.30 bits per heavy atom. The first-order valence-electron chi connectivity index (χ1n) is 8.41. The highest BCUT2D eigenvalue weighted by molar-refractivity contribution is 5.99. The van der Waals surface area contributed by atoms with Crippen LogP contribution < -0.4 is 5.32 Å². The van der Waals surface area contributed by atoms with E-state index in [0.717, 1.165) is 16.7 Å². The van der Waals surface area contributed by atoms with E-state index in [1.54, 1.807) is 12.1 Å². The number of hydrogen-bond donors (Lipinski definition) is 1. The van der Waals surface area contributed by atoms with Gasteiger partial charge in [0.15, 0.2) is 6.61 Å². The van der Waals surface area contributed by atoms with Crippen molar-refractivity contribution in [3.8, 4) is 11.1 Å². The zero-order valence-electron chi connectivity index (χ0n) is 14.7. The summed E-state index contributed by atoms with van der Waals surface area (Å²) in [5.41, 5.74) is 3.56. The maximum atomic E-state index is 12.9. The van der Waals surface area contributed by atoms with Crippen LogP contribution in [0.25, 0.3) is 11.1 Å². The van der Waals surface area contributed by atoms with Crippen LogP contribution in [0.2, 0.25) is 0 Å². The molecule has 0 spiro atoms. The van der Waals surface area contributed by atoms with E-state index >= 15 is 0 Å². The molecule has 0 aromatic heterocycles. The first-order valence-corrected chi connectivity index (χ1v) is 8.41. The molecule has 0 unspecified atom stereocenters. The number of aryl methyl sites for hydroxylation is 1. The Bertz CT molecular complexity index is 950. The van der Waals surface area contributed by atoms with Crippen molar-refractivity contribution in [2.24, 2.45) is 0 Å². The molecule has 0 heterocycles. The second kappa shape index (κ2) is 8.27. The van der Waals surface area contributed by atoms with Crippen molar-refractivity contribution in [3.05, 3.63) is 89.7 Å². The highest BCUT2D eigenvalue weighted by atomic mass is 19.1. The second-order valence-electron chi connectivity index (χ2n) is 6.04. The van der Waals surface area contributed by atoms with E-state index in [4.69, 9.17) is 4.74 Å². The third-order valence-electron chi connectivity index (χ3n) is 3.97. The summed E-state index contributed by atoms with van der Waals surface area (Å²) in [5, 5.41) is 2.55. The summed E-state index contributed by atoms with van der Waals surface area (Å²) in [6, 6.07) is 20.2. The molecular weight excluding hydrogens is 345 g/mol. The van der Waals surface area contributed by atoms with Gasteiger partial charge >= 0.3 is 5.97 Å². The van der Waals surface area contributed by atoms with Gasteiger partial charge in [-0.05, 0) is 48.4 Å². The molecule has 136 valence electrons. The average Bonchev–Trinajstić information content (AvgIpc) is 2.68. The Labute approximate surface area is 156 Å². The van der Waals surface area contributed by atoms with Gasteiger partial charge in [-0.1, -0.05) is 48.0 Å². The summed E-state index contributed by atoms with van der Waals surface area (Å²) in [5.74, 6) is -1.48. The molecule has 0 radical (unpaired) electrons. The van der Waals surface area contributed by atoms with Crippen molar-refractivity contribution in [2.75, 3.05) is 11.9 Å². The number of rotatable bonds is 5. The lowest BCUT2D eigenvalue weighted by Gasteiger charge is -2.10. The van der Waals surface area contributed by atoms with E-state index < -0.39 is 24.3 Å². The molecule has 27 heavy (non-hydrogen) atoms. The third-order valence-corrected chi connectivity index (χ3v) is 3.97. The number of benzene rings is 3. The van der Waals surface area contributed by atoms with Gasteiger partial charge in [0.1, 0.15) is 5.82 Å². The quantitative estimate of drug-likeness (QED) is 0.674. The number of carbonyl (C=O) groups excluding carboxylic acids is 2. The number of nitrogens with one attached hydrogen (secondary N) is 1. The number of amides is 1. The predicted octanol–water partition coefficient (Wildman–Crippen LogP) is 4.60. The highest BCUT2D eigenvalue weighted by Gasteiger charge is 2.15. The number of anilines is 1. The summed E-state index contributed by atoms with van der Waals surface area (Å²) >= 11 is 0. The first-order chi connectivity index (χ1) is 13.0. The van der Waals surface area contributed by atoms with Gasteiger partial charge in [0.25, 0.3) is 5.91 Å². The van der Waals surface area contributed by atoms with Crippen LogP contribution in [0, 0.1) is 12.7 Å². The maximum Gasteiger partial charge on any atom is 0.339 e. The smallest absolute Gasteiger partial charge is 0.339 e. The molecular formula is C22H18FNO3. The predicted molar refractivity (Wildman–Crippen MR) is 102 cm³/mol. The molecule has 0 saturated carbocycles. The lowest BCUT2D eigenvalue weighted by Crippen LogP contribution is -2.21.